The number of amides is 2. The monoisotopic (exact) mass is 414 g/mol. The van der Waals surface area contributed by atoms with E-state index in [1.165, 1.54) is 5.56 Å². The fourth-order valence-electron chi connectivity index (χ4n) is 3.13. The van der Waals surface area contributed by atoms with Crippen LogP contribution in [0.5, 0.6) is 0 Å². The molecule has 156 valence electrons. The molecule has 0 saturated heterocycles. The molecule has 1 atom stereocenters. The van der Waals surface area contributed by atoms with E-state index in [4.69, 9.17) is 11.6 Å². The summed E-state index contributed by atoms with van der Waals surface area (Å²) in [5.74, 6) is -0.191. The number of nitrogens with one attached hydrogen (secondary N) is 1. The van der Waals surface area contributed by atoms with Crippen LogP contribution in [0.15, 0.2) is 48.5 Å². The SMILES string of the molecule is CCCNC(=O)[C@@H](C)N(Cc1ccccc1Cl)C(=O)CCc1ccc(CC)cc1. The van der Waals surface area contributed by atoms with Gasteiger partial charge >= 0.3 is 0 Å². The molecule has 0 bridgehead atoms. The first-order chi connectivity index (χ1) is 14.0. The average molecular weight is 415 g/mol. The molecule has 1 N–H and O–H groups in total. The molecule has 0 radical (unpaired) electrons. The zero-order chi connectivity index (χ0) is 21.2. The zero-order valence-corrected chi connectivity index (χ0v) is 18.3. The van der Waals surface area contributed by atoms with E-state index in [0.717, 1.165) is 24.0 Å². The Labute approximate surface area is 179 Å². The third-order valence-corrected chi connectivity index (χ3v) is 5.44. The van der Waals surface area contributed by atoms with Gasteiger partial charge < -0.3 is 10.2 Å². The van der Waals surface area contributed by atoms with E-state index < -0.39 is 6.04 Å². The van der Waals surface area contributed by atoms with E-state index in [2.05, 4.69) is 36.5 Å². The lowest BCUT2D eigenvalue weighted by atomic mass is 10.0. The fourth-order valence-corrected chi connectivity index (χ4v) is 3.32. The average Bonchev–Trinajstić information content (AvgIpc) is 2.75. The van der Waals surface area contributed by atoms with Crippen LogP contribution in [0.2, 0.25) is 5.02 Å². The number of rotatable bonds is 10. The molecule has 29 heavy (non-hydrogen) atoms. The summed E-state index contributed by atoms with van der Waals surface area (Å²) in [5.41, 5.74) is 3.24. The lowest BCUT2D eigenvalue weighted by Crippen LogP contribution is -2.47. The van der Waals surface area contributed by atoms with Gasteiger partial charge in [-0.15, -0.1) is 0 Å². The van der Waals surface area contributed by atoms with E-state index in [9.17, 15) is 9.59 Å². The van der Waals surface area contributed by atoms with Crippen molar-refractivity contribution in [1.82, 2.24) is 10.2 Å². The van der Waals surface area contributed by atoms with Crippen LogP contribution in [0.4, 0.5) is 0 Å². The van der Waals surface area contributed by atoms with Gasteiger partial charge in [0.15, 0.2) is 0 Å². The van der Waals surface area contributed by atoms with Gasteiger partial charge in [0.1, 0.15) is 6.04 Å². The minimum Gasteiger partial charge on any atom is -0.354 e. The van der Waals surface area contributed by atoms with Crippen LogP contribution in [-0.2, 0) is 29.0 Å². The fraction of sp³-hybridized carbons (Fsp3) is 0.417. The van der Waals surface area contributed by atoms with Gasteiger partial charge in [-0.1, -0.05) is 67.9 Å². The maximum atomic E-state index is 13.1. The van der Waals surface area contributed by atoms with Crippen LogP contribution in [0, 0.1) is 0 Å². The minimum absolute atomic E-state index is 0.0522. The van der Waals surface area contributed by atoms with Crippen molar-refractivity contribution in [1.29, 1.82) is 0 Å². The normalized spacial score (nSPS) is 11.7. The molecule has 5 heteroatoms. The first-order valence-corrected chi connectivity index (χ1v) is 10.7. The molecular weight excluding hydrogens is 384 g/mol. The number of hydrogen-bond acceptors (Lipinski definition) is 2. The largest absolute Gasteiger partial charge is 0.354 e. The smallest absolute Gasteiger partial charge is 0.242 e. The summed E-state index contributed by atoms with van der Waals surface area (Å²) in [5, 5.41) is 3.49. The molecule has 2 aromatic rings. The third kappa shape index (κ3) is 6.90. The Hall–Kier alpha value is -2.33. The van der Waals surface area contributed by atoms with Crippen molar-refractivity contribution in [2.45, 2.75) is 59.0 Å². The lowest BCUT2D eigenvalue weighted by molar-refractivity contribution is -0.140. The van der Waals surface area contributed by atoms with Gasteiger partial charge in [0.2, 0.25) is 11.8 Å². The summed E-state index contributed by atoms with van der Waals surface area (Å²) in [7, 11) is 0. The molecule has 4 nitrogen and oxygen atoms in total. The predicted octanol–water partition coefficient (Wildman–Crippen LogP) is 4.78. The van der Waals surface area contributed by atoms with Gasteiger partial charge in [0.05, 0.1) is 0 Å². The predicted molar refractivity (Wildman–Crippen MR) is 119 cm³/mol. The second-order valence-electron chi connectivity index (χ2n) is 7.25. The van der Waals surface area contributed by atoms with Crippen LogP contribution >= 0.6 is 11.6 Å². The summed E-state index contributed by atoms with van der Waals surface area (Å²) in [4.78, 5) is 27.2. The van der Waals surface area contributed by atoms with Crippen molar-refractivity contribution < 1.29 is 9.59 Å². The Morgan fingerprint density at radius 2 is 1.69 bits per heavy atom. The third-order valence-electron chi connectivity index (χ3n) is 5.07. The summed E-state index contributed by atoms with van der Waals surface area (Å²) < 4.78 is 0. The Bertz CT molecular complexity index is 805. The second kappa shape index (κ2) is 11.6. The highest BCUT2D eigenvalue weighted by atomic mass is 35.5. The molecule has 0 unspecified atom stereocenters. The number of carbonyl (C=O) groups is 2. The van der Waals surface area contributed by atoms with E-state index in [-0.39, 0.29) is 11.8 Å². The molecular formula is C24H31ClN2O2. The summed E-state index contributed by atoms with van der Waals surface area (Å²) in [6.07, 6.45) is 2.84. The minimum atomic E-state index is -0.562. The van der Waals surface area contributed by atoms with Crippen molar-refractivity contribution in [2.24, 2.45) is 0 Å². The van der Waals surface area contributed by atoms with Crippen molar-refractivity contribution in [3.05, 3.63) is 70.2 Å². The molecule has 0 spiro atoms. The molecule has 0 aliphatic rings. The highest BCUT2D eigenvalue weighted by Crippen LogP contribution is 2.20. The summed E-state index contributed by atoms with van der Waals surface area (Å²) in [6.45, 7) is 6.81. The van der Waals surface area contributed by atoms with Crippen LogP contribution in [0.25, 0.3) is 0 Å². The summed E-state index contributed by atoms with van der Waals surface area (Å²) >= 11 is 6.30. The van der Waals surface area contributed by atoms with E-state index in [0.29, 0.717) is 31.0 Å². The number of carbonyl (C=O) groups excluding carboxylic acids is 2. The van der Waals surface area contributed by atoms with Gasteiger partial charge in [-0.25, -0.2) is 0 Å². The maximum Gasteiger partial charge on any atom is 0.242 e. The Morgan fingerprint density at radius 3 is 2.31 bits per heavy atom. The molecule has 2 amide bonds. The number of benzene rings is 2. The number of hydrogen-bond donors (Lipinski definition) is 1. The molecule has 2 aromatic carbocycles. The molecule has 0 aliphatic carbocycles. The first-order valence-electron chi connectivity index (χ1n) is 10.3. The van der Waals surface area contributed by atoms with E-state index in [1.54, 1.807) is 17.9 Å². The molecule has 0 aliphatic heterocycles. The maximum absolute atomic E-state index is 13.1. The van der Waals surface area contributed by atoms with Crippen LogP contribution in [0.3, 0.4) is 0 Å². The number of aryl methyl sites for hydroxylation is 2. The molecule has 0 aromatic heterocycles. The van der Waals surface area contributed by atoms with Gasteiger partial charge in [-0.05, 0) is 48.9 Å². The molecule has 0 fully saturated rings. The Morgan fingerprint density at radius 1 is 1.03 bits per heavy atom. The van der Waals surface area contributed by atoms with E-state index >= 15 is 0 Å². The molecule has 0 saturated carbocycles. The molecule has 2 rings (SSSR count). The standard InChI is InChI=1S/C24H31ClN2O2/c1-4-16-26-24(29)18(3)27(17-21-8-6-7-9-22(21)25)23(28)15-14-20-12-10-19(5-2)11-13-20/h6-13,18H,4-5,14-17H2,1-3H3,(H,26,29)/t18-/m1/s1. The van der Waals surface area contributed by atoms with Gasteiger partial charge in [0.25, 0.3) is 0 Å². The zero-order valence-electron chi connectivity index (χ0n) is 17.6. The van der Waals surface area contributed by atoms with Crippen molar-refractivity contribution >= 4 is 23.4 Å². The Balaban J connectivity index is 2.12. The van der Waals surface area contributed by atoms with E-state index in [1.807, 2.05) is 25.1 Å². The highest BCUT2D eigenvalue weighted by molar-refractivity contribution is 6.31. The van der Waals surface area contributed by atoms with Crippen LogP contribution < -0.4 is 5.32 Å². The topological polar surface area (TPSA) is 49.4 Å². The highest BCUT2D eigenvalue weighted by Gasteiger charge is 2.26. The van der Waals surface area contributed by atoms with Gasteiger partial charge in [-0.3, -0.25) is 9.59 Å². The van der Waals surface area contributed by atoms with Crippen LogP contribution in [-0.4, -0.2) is 29.3 Å². The lowest BCUT2D eigenvalue weighted by Gasteiger charge is -2.29. The van der Waals surface area contributed by atoms with Crippen molar-refractivity contribution in [2.75, 3.05) is 6.54 Å². The van der Waals surface area contributed by atoms with Crippen molar-refractivity contribution in [3.8, 4) is 0 Å². The number of halogens is 1. The Kier molecular flexibility index (Phi) is 9.20. The van der Waals surface area contributed by atoms with Gasteiger partial charge in [0, 0.05) is 24.5 Å². The van der Waals surface area contributed by atoms with Crippen molar-refractivity contribution in [3.63, 3.8) is 0 Å². The summed E-state index contributed by atoms with van der Waals surface area (Å²) in [6, 6.07) is 15.2. The van der Waals surface area contributed by atoms with Gasteiger partial charge in [-0.2, -0.15) is 0 Å². The number of nitrogens with zero attached hydrogens (tertiary/aromatic N) is 1. The first kappa shape index (κ1) is 23.0. The quantitative estimate of drug-likeness (QED) is 0.608. The van der Waals surface area contributed by atoms with Crippen LogP contribution in [0.1, 0.15) is 50.3 Å². The molecule has 0 heterocycles. The second-order valence-corrected chi connectivity index (χ2v) is 7.66.